The molecule has 40 heavy (non-hydrogen) atoms. The number of nitrogens with one attached hydrogen (secondary N) is 1. The van der Waals surface area contributed by atoms with Gasteiger partial charge >= 0.3 is 11.7 Å². The lowest BCUT2D eigenvalue weighted by atomic mass is 10.1. The zero-order valence-electron chi connectivity index (χ0n) is 23.4. The van der Waals surface area contributed by atoms with Crippen LogP contribution in [0.5, 0.6) is 5.75 Å². The lowest BCUT2D eigenvalue weighted by molar-refractivity contribution is -0.137. The van der Waals surface area contributed by atoms with Crippen molar-refractivity contribution in [3.63, 3.8) is 0 Å². The summed E-state index contributed by atoms with van der Waals surface area (Å²) >= 11 is 0. The van der Waals surface area contributed by atoms with Gasteiger partial charge in [0, 0.05) is 45.0 Å². The highest BCUT2D eigenvalue weighted by molar-refractivity contribution is 5.89. The van der Waals surface area contributed by atoms with Crippen LogP contribution in [0.15, 0.2) is 41.3 Å². The Morgan fingerprint density at radius 2 is 1.75 bits per heavy atom. The number of rotatable bonds is 8. The summed E-state index contributed by atoms with van der Waals surface area (Å²) in [5, 5.41) is 2.67. The van der Waals surface area contributed by atoms with Gasteiger partial charge in [0.1, 0.15) is 18.2 Å². The van der Waals surface area contributed by atoms with Gasteiger partial charge in [0.15, 0.2) is 0 Å². The average Bonchev–Trinajstić information content (AvgIpc) is 3.41. The molecule has 0 radical (unpaired) electrons. The van der Waals surface area contributed by atoms with E-state index in [9.17, 15) is 14.4 Å². The normalized spacial score (nSPS) is 18.7. The van der Waals surface area contributed by atoms with Crippen molar-refractivity contribution in [2.75, 3.05) is 57.7 Å². The summed E-state index contributed by atoms with van der Waals surface area (Å²) in [5.74, 6) is 1.30. The van der Waals surface area contributed by atoms with Crippen molar-refractivity contribution in [3.8, 4) is 11.4 Å². The predicted molar refractivity (Wildman–Crippen MR) is 156 cm³/mol. The molecule has 0 aliphatic carbocycles. The standard InChI is InChI=1S/C27H40N8O4.ClH/c1-19(34-10-8-20(16-28)17-34)18-39-22-6-4-21(5-7-22)35-11-9-23(31-26(35)38)30-25(37)33-14-12-32(13-15-33)24(36)27(2,3)29;/h4-7,9,11,19-20H,8,10,12-18,28-29H2,1-3H3,(H,30,31,37,38);1H. The number of hydrogen-bond donors (Lipinski definition) is 3. The van der Waals surface area contributed by atoms with Crippen LogP contribution in [-0.2, 0) is 4.79 Å². The molecule has 0 saturated carbocycles. The van der Waals surface area contributed by atoms with Gasteiger partial charge in [-0.2, -0.15) is 4.98 Å². The first-order valence-corrected chi connectivity index (χ1v) is 13.5. The Morgan fingerprint density at radius 3 is 2.33 bits per heavy atom. The minimum absolute atomic E-state index is 0. The maximum atomic E-state index is 12.7. The Labute approximate surface area is 241 Å². The number of likely N-dealkylation sites (tertiary alicyclic amines) is 1. The van der Waals surface area contributed by atoms with Crippen LogP contribution in [-0.4, -0.2) is 100 Å². The molecule has 4 rings (SSSR count). The maximum Gasteiger partial charge on any atom is 0.354 e. The lowest BCUT2D eigenvalue weighted by Crippen LogP contribution is -2.58. The summed E-state index contributed by atoms with van der Waals surface area (Å²) in [6, 6.07) is 8.74. The molecule has 1 aromatic carbocycles. The summed E-state index contributed by atoms with van der Waals surface area (Å²) in [5.41, 5.74) is 10.9. The highest BCUT2D eigenvalue weighted by Crippen LogP contribution is 2.20. The molecule has 5 N–H and O–H groups in total. The second kappa shape index (κ2) is 13.4. The Morgan fingerprint density at radius 1 is 1.10 bits per heavy atom. The van der Waals surface area contributed by atoms with E-state index in [-0.39, 0.29) is 30.2 Å². The van der Waals surface area contributed by atoms with Crippen LogP contribution in [0.25, 0.3) is 5.69 Å². The number of carbonyl (C=O) groups is 2. The minimum atomic E-state index is -0.952. The van der Waals surface area contributed by atoms with Crippen LogP contribution < -0.4 is 27.2 Å². The SMILES string of the molecule is CC(COc1ccc(-n2ccc(NC(=O)N3CCN(C(=O)C(C)(C)N)CC3)nc2=O)cc1)N1CCC(CN)C1.Cl. The molecule has 12 nitrogen and oxygen atoms in total. The number of urea groups is 1. The van der Waals surface area contributed by atoms with Gasteiger partial charge in [0.25, 0.3) is 0 Å². The van der Waals surface area contributed by atoms with E-state index in [1.807, 2.05) is 12.1 Å². The van der Waals surface area contributed by atoms with Crippen molar-refractivity contribution < 1.29 is 14.3 Å². The molecule has 220 valence electrons. The van der Waals surface area contributed by atoms with Crippen LogP contribution in [0.3, 0.4) is 0 Å². The number of amides is 3. The summed E-state index contributed by atoms with van der Waals surface area (Å²) in [6.45, 7) is 10.4. The molecule has 2 aliphatic rings. The Bertz CT molecular complexity index is 1210. The number of nitrogens with zero attached hydrogens (tertiary/aromatic N) is 5. The van der Waals surface area contributed by atoms with Gasteiger partial charge in [-0.3, -0.25) is 19.6 Å². The topological polar surface area (TPSA) is 152 Å². The maximum absolute atomic E-state index is 12.7. The number of hydrogen-bond acceptors (Lipinski definition) is 8. The van der Waals surface area contributed by atoms with Crippen LogP contribution in [0, 0.1) is 5.92 Å². The Kier molecular flexibility index (Phi) is 10.5. The van der Waals surface area contributed by atoms with Gasteiger partial charge in [0.05, 0.1) is 11.2 Å². The summed E-state index contributed by atoms with van der Waals surface area (Å²) in [7, 11) is 0. The molecule has 13 heteroatoms. The van der Waals surface area contributed by atoms with E-state index in [2.05, 4.69) is 22.1 Å². The van der Waals surface area contributed by atoms with Crippen molar-refractivity contribution in [2.24, 2.45) is 17.4 Å². The second-order valence-corrected chi connectivity index (χ2v) is 10.9. The van der Waals surface area contributed by atoms with E-state index in [0.29, 0.717) is 50.4 Å². The van der Waals surface area contributed by atoms with Gasteiger partial charge in [-0.25, -0.2) is 9.59 Å². The molecule has 2 unspecified atom stereocenters. The Balaban J connectivity index is 0.00000441. The van der Waals surface area contributed by atoms with E-state index < -0.39 is 11.2 Å². The van der Waals surface area contributed by atoms with Crippen molar-refractivity contribution in [1.29, 1.82) is 0 Å². The number of benzene rings is 1. The van der Waals surface area contributed by atoms with E-state index >= 15 is 0 Å². The zero-order chi connectivity index (χ0) is 28.2. The van der Waals surface area contributed by atoms with E-state index in [4.69, 9.17) is 16.2 Å². The smallest absolute Gasteiger partial charge is 0.354 e. The van der Waals surface area contributed by atoms with E-state index in [0.717, 1.165) is 31.8 Å². The fourth-order valence-corrected chi connectivity index (χ4v) is 4.86. The van der Waals surface area contributed by atoms with Crippen LogP contribution in [0.2, 0.25) is 0 Å². The van der Waals surface area contributed by atoms with Crippen LogP contribution >= 0.6 is 12.4 Å². The molecule has 2 saturated heterocycles. The average molecular weight is 577 g/mol. The molecular formula is C27H41ClN8O4. The number of halogens is 1. The van der Waals surface area contributed by atoms with Crippen LogP contribution in [0.4, 0.5) is 10.6 Å². The summed E-state index contributed by atoms with van der Waals surface area (Å²) < 4.78 is 7.37. The monoisotopic (exact) mass is 576 g/mol. The largest absolute Gasteiger partial charge is 0.492 e. The van der Waals surface area contributed by atoms with E-state index in [1.165, 1.54) is 4.57 Å². The first-order valence-electron chi connectivity index (χ1n) is 13.5. The van der Waals surface area contributed by atoms with Crippen molar-refractivity contribution in [2.45, 2.75) is 38.8 Å². The third-order valence-corrected chi connectivity index (χ3v) is 7.32. The first kappa shape index (κ1) is 31.3. The van der Waals surface area contributed by atoms with Gasteiger partial charge in [-0.1, -0.05) is 0 Å². The molecular weight excluding hydrogens is 536 g/mol. The molecule has 2 atom stereocenters. The number of carbonyl (C=O) groups excluding carboxylic acids is 2. The number of nitrogens with two attached hydrogens (primary N) is 2. The summed E-state index contributed by atoms with van der Waals surface area (Å²) in [6.07, 6.45) is 2.71. The first-order chi connectivity index (χ1) is 18.5. The molecule has 2 aliphatic heterocycles. The lowest BCUT2D eigenvalue weighted by Gasteiger charge is -2.37. The number of ether oxygens (including phenoxy) is 1. The van der Waals surface area contributed by atoms with Gasteiger partial charge in [-0.05, 0) is 76.5 Å². The van der Waals surface area contributed by atoms with Gasteiger partial charge in [0.2, 0.25) is 5.91 Å². The highest BCUT2D eigenvalue weighted by atomic mass is 35.5. The molecule has 3 amide bonds. The van der Waals surface area contributed by atoms with Gasteiger partial charge < -0.3 is 26.0 Å². The third-order valence-electron chi connectivity index (χ3n) is 7.32. The molecule has 2 fully saturated rings. The number of aromatic nitrogens is 2. The second-order valence-electron chi connectivity index (χ2n) is 10.9. The van der Waals surface area contributed by atoms with Crippen molar-refractivity contribution >= 4 is 30.2 Å². The third kappa shape index (κ3) is 7.72. The van der Waals surface area contributed by atoms with E-state index in [1.54, 1.807) is 48.0 Å². The van der Waals surface area contributed by atoms with Crippen molar-refractivity contribution in [1.82, 2.24) is 24.3 Å². The number of anilines is 1. The molecule has 1 aromatic heterocycles. The zero-order valence-corrected chi connectivity index (χ0v) is 24.2. The Hall–Kier alpha value is -3.19. The molecule has 0 bridgehead atoms. The summed E-state index contributed by atoms with van der Waals surface area (Å²) in [4.78, 5) is 47.4. The van der Waals surface area contributed by atoms with Crippen molar-refractivity contribution in [3.05, 3.63) is 47.0 Å². The molecule has 2 aromatic rings. The minimum Gasteiger partial charge on any atom is -0.492 e. The quantitative estimate of drug-likeness (QED) is 0.423. The molecule has 3 heterocycles. The number of piperazine rings is 1. The van der Waals surface area contributed by atoms with Crippen LogP contribution in [0.1, 0.15) is 27.2 Å². The van der Waals surface area contributed by atoms with Gasteiger partial charge in [-0.15, -0.1) is 12.4 Å². The fourth-order valence-electron chi connectivity index (χ4n) is 4.86. The molecule has 0 spiro atoms. The highest BCUT2D eigenvalue weighted by Gasteiger charge is 2.31. The fraction of sp³-hybridized carbons (Fsp3) is 0.556. The predicted octanol–water partition coefficient (Wildman–Crippen LogP) is 1.12.